The minimum Gasteiger partial charge on any atom is -0.508 e. The van der Waals surface area contributed by atoms with Crippen LogP contribution in [0.2, 0.25) is 0 Å². The third-order valence-electron chi connectivity index (χ3n) is 2.84. The topological polar surface area (TPSA) is 58.9 Å². The summed E-state index contributed by atoms with van der Waals surface area (Å²) in [7, 11) is 0. The number of hydrogen-bond acceptors (Lipinski definition) is 4. The molecule has 1 heterocycles. The lowest BCUT2D eigenvalue weighted by atomic mass is 9.96. The average molecular weight is 257 g/mol. The molecule has 0 radical (unpaired) electrons. The smallest absolute Gasteiger partial charge is 0.223 e. The van der Waals surface area contributed by atoms with Crippen molar-refractivity contribution >= 4 is 17.7 Å². The maximum atomic E-state index is 11.4. The number of aliphatic hydroxyl groups excluding tert-OH is 1. The van der Waals surface area contributed by atoms with Gasteiger partial charge >= 0.3 is 0 Å². The van der Waals surface area contributed by atoms with Crippen LogP contribution in [-0.4, -0.2) is 22.7 Å². The van der Waals surface area contributed by atoms with E-state index in [2.05, 4.69) is 4.99 Å². The summed E-state index contributed by atoms with van der Waals surface area (Å²) in [5, 5.41) is 9.65. The number of benzene rings is 1. The van der Waals surface area contributed by atoms with Crippen molar-refractivity contribution in [1.82, 2.24) is 0 Å². The maximum absolute atomic E-state index is 11.4. The Morgan fingerprint density at radius 3 is 2.63 bits per heavy atom. The number of aldehydes is 1. The van der Waals surface area contributed by atoms with Crippen molar-refractivity contribution in [2.75, 3.05) is 0 Å². The molecule has 98 valence electrons. The molecule has 0 saturated heterocycles. The Balaban J connectivity index is 2.41. The van der Waals surface area contributed by atoms with Crippen molar-refractivity contribution in [3.8, 4) is 0 Å². The number of aliphatic hydroxyl groups is 1. The van der Waals surface area contributed by atoms with Gasteiger partial charge in [0.2, 0.25) is 5.60 Å². The molecular formula is C15H15NO3. The molecule has 4 heteroatoms. The highest BCUT2D eigenvalue weighted by molar-refractivity contribution is 6.07. The van der Waals surface area contributed by atoms with Gasteiger partial charge in [0, 0.05) is 12.2 Å². The van der Waals surface area contributed by atoms with Gasteiger partial charge in [-0.15, -0.1) is 0 Å². The third kappa shape index (κ3) is 2.73. The third-order valence-corrected chi connectivity index (χ3v) is 2.84. The van der Waals surface area contributed by atoms with Crippen molar-refractivity contribution in [3.05, 3.63) is 54.0 Å². The minimum absolute atomic E-state index is 0.00142. The van der Waals surface area contributed by atoms with Crippen LogP contribution in [0.15, 0.2) is 59.0 Å². The normalized spacial score (nSPS) is 23.2. The van der Waals surface area contributed by atoms with E-state index < -0.39 is 5.60 Å². The lowest BCUT2D eigenvalue weighted by Crippen LogP contribution is -2.41. The van der Waals surface area contributed by atoms with E-state index in [4.69, 9.17) is 4.74 Å². The van der Waals surface area contributed by atoms with Crippen molar-refractivity contribution in [3.63, 3.8) is 0 Å². The Kier molecular flexibility index (Phi) is 3.51. The standard InChI is InChI=1S/C15H15NO3/c1-11-8-14(18)9-15(10-17,19-11)12(2)16-13-6-4-3-5-7-13/h3-10,18H,1-2H3. The molecule has 1 unspecified atom stereocenters. The first-order valence-corrected chi connectivity index (χ1v) is 5.92. The number of allylic oxidation sites excluding steroid dienone is 2. The van der Waals surface area contributed by atoms with Gasteiger partial charge in [0.15, 0.2) is 6.29 Å². The molecule has 1 atom stereocenters. The lowest BCUT2D eigenvalue weighted by Gasteiger charge is -2.29. The van der Waals surface area contributed by atoms with E-state index >= 15 is 0 Å². The fourth-order valence-corrected chi connectivity index (χ4v) is 1.90. The summed E-state index contributed by atoms with van der Waals surface area (Å²) in [5.74, 6) is 0.466. The molecule has 0 spiro atoms. The fourth-order valence-electron chi connectivity index (χ4n) is 1.90. The SMILES string of the molecule is CC1=CC(O)=CC(C=O)(C(C)=Nc2ccccc2)O1. The summed E-state index contributed by atoms with van der Waals surface area (Å²) in [5.41, 5.74) is -0.142. The molecule has 4 nitrogen and oxygen atoms in total. The van der Waals surface area contributed by atoms with Crippen LogP contribution in [0.25, 0.3) is 0 Å². The molecule has 19 heavy (non-hydrogen) atoms. The van der Waals surface area contributed by atoms with Gasteiger partial charge < -0.3 is 9.84 Å². The first kappa shape index (κ1) is 13.1. The molecule has 0 fully saturated rings. The molecule has 0 aromatic heterocycles. The van der Waals surface area contributed by atoms with Gasteiger partial charge in [-0.05, 0) is 26.0 Å². The van der Waals surface area contributed by atoms with E-state index in [9.17, 15) is 9.90 Å². The predicted molar refractivity (Wildman–Crippen MR) is 73.6 cm³/mol. The lowest BCUT2D eigenvalue weighted by molar-refractivity contribution is -0.117. The van der Waals surface area contributed by atoms with Crippen molar-refractivity contribution in [2.45, 2.75) is 19.4 Å². The fraction of sp³-hybridized carbons (Fsp3) is 0.200. The average Bonchev–Trinajstić information content (AvgIpc) is 2.38. The van der Waals surface area contributed by atoms with Crippen LogP contribution < -0.4 is 0 Å². The molecule has 0 aliphatic carbocycles. The summed E-state index contributed by atoms with van der Waals surface area (Å²) < 4.78 is 5.55. The van der Waals surface area contributed by atoms with Crippen LogP contribution >= 0.6 is 0 Å². The number of hydrogen-bond donors (Lipinski definition) is 1. The molecule has 1 aliphatic heterocycles. The zero-order chi connectivity index (χ0) is 13.9. The first-order chi connectivity index (χ1) is 9.05. The van der Waals surface area contributed by atoms with Gasteiger partial charge in [-0.25, -0.2) is 0 Å². The van der Waals surface area contributed by atoms with Crippen molar-refractivity contribution in [1.29, 1.82) is 0 Å². The highest BCUT2D eigenvalue weighted by atomic mass is 16.5. The van der Waals surface area contributed by atoms with Gasteiger partial charge in [0.25, 0.3) is 0 Å². The van der Waals surface area contributed by atoms with Gasteiger partial charge in [-0.3, -0.25) is 9.79 Å². The number of para-hydroxylation sites is 1. The van der Waals surface area contributed by atoms with Gasteiger partial charge in [-0.1, -0.05) is 18.2 Å². The van der Waals surface area contributed by atoms with Crippen LogP contribution in [0.1, 0.15) is 13.8 Å². The molecule has 1 aromatic carbocycles. The maximum Gasteiger partial charge on any atom is 0.223 e. The van der Waals surface area contributed by atoms with E-state index in [1.165, 1.54) is 12.2 Å². The van der Waals surface area contributed by atoms with Crippen LogP contribution in [0.3, 0.4) is 0 Å². The Morgan fingerprint density at radius 2 is 2.05 bits per heavy atom. The molecule has 1 aromatic rings. The molecule has 1 aliphatic rings. The Bertz CT molecular complexity index is 572. The monoisotopic (exact) mass is 257 g/mol. The zero-order valence-corrected chi connectivity index (χ0v) is 10.8. The number of ether oxygens (including phenoxy) is 1. The number of carbonyl (C=O) groups excluding carboxylic acids is 1. The second-order valence-corrected chi connectivity index (χ2v) is 4.37. The minimum atomic E-state index is -1.33. The predicted octanol–water partition coefficient (Wildman–Crippen LogP) is 3.09. The highest BCUT2D eigenvalue weighted by Crippen LogP contribution is 2.26. The quantitative estimate of drug-likeness (QED) is 0.668. The van der Waals surface area contributed by atoms with Crippen molar-refractivity contribution < 1.29 is 14.6 Å². The summed E-state index contributed by atoms with van der Waals surface area (Å²) in [6.45, 7) is 3.38. The summed E-state index contributed by atoms with van der Waals surface area (Å²) >= 11 is 0. The van der Waals surface area contributed by atoms with E-state index in [-0.39, 0.29) is 5.76 Å². The molecular weight excluding hydrogens is 242 g/mol. The summed E-state index contributed by atoms with van der Waals surface area (Å²) in [6, 6.07) is 9.27. The Hall–Kier alpha value is -2.36. The molecule has 0 bridgehead atoms. The van der Waals surface area contributed by atoms with Gasteiger partial charge in [-0.2, -0.15) is 0 Å². The largest absolute Gasteiger partial charge is 0.508 e. The first-order valence-electron chi connectivity index (χ1n) is 5.92. The Morgan fingerprint density at radius 1 is 1.37 bits per heavy atom. The van der Waals surface area contributed by atoms with Crippen molar-refractivity contribution in [2.24, 2.45) is 4.99 Å². The van der Waals surface area contributed by atoms with E-state index in [1.54, 1.807) is 13.8 Å². The number of rotatable bonds is 3. The second-order valence-electron chi connectivity index (χ2n) is 4.37. The van der Waals surface area contributed by atoms with Gasteiger partial charge in [0.05, 0.1) is 17.2 Å². The molecule has 0 amide bonds. The summed E-state index contributed by atoms with van der Waals surface area (Å²) in [4.78, 5) is 15.8. The molecule has 1 N–H and O–H groups in total. The number of carbonyl (C=O) groups is 1. The van der Waals surface area contributed by atoms with Crippen LogP contribution in [0.5, 0.6) is 0 Å². The van der Waals surface area contributed by atoms with E-state index in [0.717, 1.165) is 5.69 Å². The van der Waals surface area contributed by atoms with Crippen LogP contribution in [0.4, 0.5) is 5.69 Å². The van der Waals surface area contributed by atoms with Gasteiger partial charge in [0.1, 0.15) is 5.76 Å². The molecule has 0 saturated carbocycles. The Labute approximate surface area is 111 Å². The number of nitrogens with zero attached hydrogens (tertiary/aromatic N) is 1. The van der Waals surface area contributed by atoms with E-state index in [1.807, 2.05) is 30.3 Å². The highest BCUT2D eigenvalue weighted by Gasteiger charge is 2.36. The van der Waals surface area contributed by atoms with Crippen LogP contribution in [-0.2, 0) is 9.53 Å². The van der Waals surface area contributed by atoms with Crippen LogP contribution in [0, 0.1) is 0 Å². The van der Waals surface area contributed by atoms with E-state index in [0.29, 0.717) is 17.8 Å². The molecule has 2 rings (SSSR count). The number of aliphatic imine (C=N–C) groups is 1. The second kappa shape index (κ2) is 5.10. The zero-order valence-electron chi connectivity index (χ0n) is 10.8. The summed E-state index contributed by atoms with van der Waals surface area (Å²) in [6.07, 6.45) is 3.45.